The Morgan fingerprint density at radius 2 is 1.68 bits per heavy atom. The van der Waals surface area contributed by atoms with E-state index in [1.165, 1.54) is 37.5 Å². The largest absolute Gasteiger partial charge is 0.489 e. The molecule has 0 bridgehead atoms. The van der Waals surface area contributed by atoms with Gasteiger partial charge in [0.2, 0.25) is 18.5 Å². The van der Waals surface area contributed by atoms with Gasteiger partial charge in [0, 0.05) is 29.2 Å². The molecule has 3 aromatic rings. The second-order valence-corrected chi connectivity index (χ2v) is 10.00. The molecule has 0 radical (unpaired) electrons. The standard InChI is InChI=1S/C28H26Cl2F2NO7/c1-16(34)38-26(18-5-3-2-4-6-18)27(35)39-24(12-20-21(29)13-33(36)14-22(20)30)19-9-10-23(40-28(31)32)25(11-19)37-15-17-7-8-17/h2-6,9-11,13-14,17,24,26,28,36H,7-8,12,15H2,1H3/q+1/t24?,26-/m0/s1. The molecular weight excluding hydrogens is 571 g/mol. The van der Waals surface area contributed by atoms with Crippen molar-refractivity contribution in [3.8, 4) is 11.5 Å². The maximum absolute atomic E-state index is 13.4. The molecule has 12 heteroatoms. The Kier molecular flexibility index (Phi) is 9.65. The summed E-state index contributed by atoms with van der Waals surface area (Å²) in [6, 6.07) is 12.5. The average molecular weight is 597 g/mol. The van der Waals surface area contributed by atoms with Crippen molar-refractivity contribution in [3.63, 3.8) is 0 Å². The predicted octanol–water partition coefficient (Wildman–Crippen LogP) is 6.04. The number of esters is 2. The third kappa shape index (κ3) is 7.95. The lowest BCUT2D eigenvalue weighted by Gasteiger charge is -2.24. The molecule has 4 rings (SSSR count). The summed E-state index contributed by atoms with van der Waals surface area (Å²) in [4.78, 5) is 25.3. The number of carbonyl (C=O) groups is 2. The van der Waals surface area contributed by atoms with Crippen LogP contribution < -0.4 is 14.2 Å². The van der Waals surface area contributed by atoms with E-state index in [4.69, 9.17) is 37.4 Å². The number of benzene rings is 2. The fraction of sp³-hybridized carbons (Fsp3) is 0.321. The number of alkyl halides is 2. The molecule has 40 heavy (non-hydrogen) atoms. The van der Waals surface area contributed by atoms with Crippen LogP contribution in [0.1, 0.15) is 48.7 Å². The molecule has 2 aromatic carbocycles. The molecule has 1 N–H and O–H groups in total. The fourth-order valence-electron chi connectivity index (χ4n) is 3.92. The van der Waals surface area contributed by atoms with Crippen LogP contribution >= 0.6 is 23.2 Å². The number of hydrogen-bond acceptors (Lipinski definition) is 7. The van der Waals surface area contributed by atoms with Gasteiger partial charge in [-0.25, -0.2) is 4.79 Å². The Balaban J connectivity index is 1.71. The Bertz CT molecular complexity index is 1330. The first-order valence-corrected chi connectivity index (χ1v) is 13.1. The van der Waals surface area contributed by atoms with E-state index >= 15 is 0 Å². The molecule has 1 aliphatic rings. The number of nitrogens with zero attached hydrogens (tertiary/aromatic N) is 1. The summed E-state index contributed by atoms with van der Waals surface area (Å²) in [5.41, 5.74) is 1.07. The number of halogens is 4. The van der Waals surface area contributed by atoms with Gasteiger partial charge in [-0.3, -0.25) is 10.0 Å². The van der Waals surface area contributed by atoms with Gasteiger partial charge >= 0.3 is 18.6 Å². The van der Waals surface area contributed by atoms with E-state index in [9.17, 15) is 23.6 Å². The number of carbonyl (C=O) groups excluding carboxylic acids is 2. The molecule has 0 saturated heterocycles. The number of aromatic nitrogens is 1. The molecule has 2 atom stereocenters. The highest BCUT2D eigenvalue weighted by atomic mass is 35.5. The maximum atomic E-state index is 13.4. The molecule has 0 spiro atoms. The first kappa shape index (κ1) is 29.4. The Hall–Kier alpha value is -3.63. The average Bonchev–Trinajstić information content (AvgIpc) is 3.72. The van der Waals surface area contributed by atoms with Gasteiger partial charge in [0.15, 0.2) is 11.5 Å². The van der Waals surface area contributed by atoms with Crippen molar-refractivity contribution in [2.75, 3.05) is 6.61 Å². The summed E-state index contributed by atoms with van der Waals surface area (Å²) in [6.45, 7) is -1.60. The van der Waals surface area contributed by atoms with Gasteiger partial charge in [-0.1, -0.05) is 59.6 Å². The SMILES string of the molecule is CC(=O)O[C@H](C(=O)OC(Cc1c(Cl)c[n+](O)cc1Cl)c1ccc(OC(F)F)c(OCC2CC2)c1)c1ccccc1. The Morgan fingerprint density at radius 1 is 1.00 bits per heavy atom. The molecule has 8 nitrogen and oxygen atoms in total. The third-order valence-electron chi connectivity index (χ3n) is 6.04. The van der Waals surface area contributed by atoms with Crippen molar-refractivity contribution in [1.29, 1.82) is 0 Å². The van der Waals surface area contributed by atoms with Crippen LogP contribution in [0.5, 0.6) is 11.5 Å². The third-order valence-corrected chi connectivity index (χ3v) is 6.69. The monoisotopic (exact) mass is 596 g/mol. The van der Waals surface area contributed by atoms with E-state index in [-0.39, 0.29) is 28.0 Å². The molecule has 0 amide bonds. The van der Waals surface area contributed by atoms with Crippen LogP contribution in [0.3, 0.4) is 0 Å². The van der Waals surface area contributed by atoms with Crippen molar-refractivity contribution >= 4 is 35.1 Å². The van der Waals surface area contributed by atoms with Crippen LogP contribution in [0.15, 0.2) is 60.9 Å². The highest BCUT2D eigenvalue weighted by molar-refractivity contribution is 6.35. The van der Waals surface area contributed by atoms with Crippen LogP contribution in [0.25, 0.3) is 0 Å². The van der Waals surface area contributed by atoms with Crippen molar-refractivity contribution in [2.24, 2.45) is 5.92 Å². The van der Waals surface area contributed by atoms with E-state index in [1.807, 2.05) is 0 Å². The lowest BCUT2D eigenvalue weighted by Crippen LogP contribution is -2.29. The summed E-state index contributed by atoms with van der Waals surface area (Å²) < 4.78 is 48.4. The first-order chi connectivity index (χ1) is 19.1. The summed E-state index contributed by atoms with van der Waals surface area (Å²) in [5, 5.41) is 9.93. The van der Waals surface area contributed by atoms with E-state index in [2.05, 4.69) is 4.74 Å². The zero-order valence-electron chi connectivity index (χ0n) is 21.3. The number of rotatable bonds is 12. The molecule has 0 aliphatic heterocycles. The van der Waals surface area contributed by atoms with Crippen LogP contribution in [0.4, 0.5) is 8.78 Å². The Morgan fingerprint density at radius 3 is 2.27 bits per heavy atom. The van der Waals surface area contributed by atoms with E-state index in [1.54, 1.807) is 30.3 Å². The normalized spacial score (nSPS) is 14.3. The molecule has 1 aromatic heterocycles. The molecule has 1 unspecified atom stereocenters. The summed E-state index contributed by atoms with van der Waals surface area (Å²) in [5.74, 6) is -1.40. The minimum Gasteiger partial charge on any atom is -0.489 e. The van der Waals surface area contributed by atoms with E-state index in [0.717, 1.165) is 12.8 Å². The lowest BCUT2D eigenvalue weighted by atomic mass is 10.0. The second kappa shape index (κ2) is 13.1. The molecule has 1 heterocycles. The van der Waals surface area contributed by atoms with Crippen LogP contribution in [0, 0.1) is 5.92 Å². The quantitative estimate of drug-likeness (QED) is 0.155. The smallest absolute Gasteiger partial charge is 0.387 e. The first-order valence-electron chi connectivity index (χ1n) is 12.3. The Labute approximate surface area is 238 Å². The summed E-state index contributed by atoms with van der Waals surface area (Å²) >= 11 is 12.7. The maximum Gasteiger partial charge on any atom is 0.387 e. The van der Waals surface area contributed by atoms with Crippen LogP contribution in [-0.2, 0) is 25.5 Å². The number of pyridine rings is 1. The molecule has 1 aliphatic carbocycles. The fourth-order valence-corrected chi connectivity index (χ4v) is 4.52. The van der Waals surface area contributed by atoms with Crippen LogP contribution in [0.2, 0.25) is 10.0 Å². The molecule has 212 valence electrons. The summed E-state index contributed by atoms with van der Waals surface area (Å²) in [7, 11) is 0. The van der Waals surface area contributed by atoms with Gasteiger partial charge in [-0.05, 0) is 36.5 Å². The van der Waals surface area contributed by atoms with Gasteiger partial charge < -0.3 is 18.9 Å². The van der Waals surface area contributed by atoms with Gasteiger partial charge in [-0.15, -0.1) is 0 Å². The molecular formula is C28H26Cl2F2NO7+. The number of ether oxygens (including phenoxy) is 4. The highest BCUT2D eigenvalue weighted by Crippen LogP contribution is 2.38. The zero-order chi connectivity index (χ0) is 28.8. The van der Waals surface area contributed by atoms with Crippen molar-refractivity contribution < 1.29 is 47.3 Å². The zero-order valence-corrected chi connectivity index (χ0v) is 22.8. The second-order valence-electron chi connectivity index (χ2n) is 9.18. The molecule has 1 fully saturated rings. The topological polar surface area (TPSA) is 95.2 Å². The summed E-state index contributed by atoms with van der Waals surface area (Å²) in [6.07, 6.45) is 1.80. The minimum atomic E-state index is -3.08. The van der Waals surface area contributed by atoms with Crippen molar-refractivity contribution in [1.82, 2.24) is 0 Å². The van der Waals surface area contributed by atoms with Gasteiger partial charge in [0.1, 0.15) is 16.1 Å². The van der Waals surface area contributed by atoms with E-state index < -0.39 is 30.8 Å². The van der Waals surface area contributed by atoms with Gasteiger partial charge in [-0.2, -0.15) is 8.78 Å². The lowest BCUT2D eigenvalue weighted by molar-refractivity contribution is -0.904. The number of hydrogen-bond donors (Lipinski definition) is 1. The van der Waals surface area contributed by atoms with Crippen LogP contribution in [-0.4, -0.2) is 30.4 Å². The van der Waals surface area contributed by atoms with Crippen molar-refractivity contribution in [2.45, 2.75) is 45.0 Å². The minimum absolute atomic E-state index is 0.0452. The highest BCUT2D eigenvalue weighted by Gasteiger charge is 2.31. The van der Waals surface area contributed by atoms with Gasteiger partial charge in [0.25, 0.3) is 0 Å². The van der Waals surface area contributed by atoms with Crippen molar-refractivity contribution in [3.05, 3.63) is 87.7 Å². The predicted molar refractivity (Wildman–Crippen MR) is 139 cm³/mol. The van der Waals surface area contributed by atoms with E-state index in [0.29, 0.717) is 33.9 Å². The van der Waals surface area contributed by atoms with Gasteiger partial charge in [0.05, 0.1) is 6.61 Å². The molecule has 1 saturated carbocycles.